The number of nitrogens with one attached hydrogen (secondary N) is 18. The van der Waals surface area contributed by atoms with E-state index in [-0.39, 0.29) is 82.4 Å². The number of phenolic OH excluding ortho intramolecular Hbond substituents is 1. The summed E-state index contributed by atoms with van der Waals surface area (Å²) in [7, 11) is 0. The third kappa shape index (κ3) is 33.7. The lowest BCUT2D eigenvalue weighted by atomic mass is 10.0. The fourth-order valence-corrected chi connectivity index (χ4v) is 13.2. The number of amides is 18. The van der Waals surface area contributed by atoms with Gasteiger partial charge in [-0.05, 0) is 128 Å². The maximum Gasteiger partial charge on any atom is 0.243 e. The number of hydrogen-bond acceptors (Lipinski definition) is 22. The summed E-state index contributed by atoms with van der Waals surface area (Å²) in [5, 5.41) is 56.0. The largest absolute Gasteiger partial charge is 0.507 e. The molecule has 1 saturated heterocycles. The third-order valence-electron chi connectivity index (χ3n) is 18.5. The first kappa shape index (κ1) is 97.4. The van der Waals surface area contributed by atoms with Crippen LogP contribution in [0.5, 0.6) is 5.75 Å². The van der Waals surface area contributed by atoms with Gasteiger partial charge in [-0.3, -0.25) is 91.7 Å². The van der Waals surface area contributed by atoms with Crippen molar-refractivity contribution in [3.63, 3.8) is 0 Å². The molecule has 1 fully saturated rings. The fourth-order valence-electron chi connectivity index (χ4n) is 12.2. The molecular weight excluding hydrogens is 1690 g/mol. The summed E-state index contributed by atoms with van der Waals surface area (Å²) in [6.07, 6.45) is 2.76. The van der Waals surface area contributed by atoms with Crippen molar-refractivity contribution in [2.45, 2.75) is 197 Å². The molecule has 0 aliphatic carbocycles. The maximum absolute atomic E-state index is 14.7. The Kier molecular flexibility index (Phi) is 39.7. The first-order chi connectivity index (χ1) is 56.2. The molecule has 0 spiro atoms. The van der Waals surface area contributed by atoms with Gasteiger partial charge >= 0.3 is 0 Å². The van der Waals surface area contributed by atoms with E-state index < -0.39 is 229 Å². The first-order valence-corrected chi connectivity index (χ1v) is 40.6. The number of fused-ring (bicyclic) bond motifs is 1. The van der Waals surface area contributed by atoms with Crippen LogP contribution >= 0.6 is 34.4 Å². The minimum absolute atomic E-state index is 0.00359. The highest BCUT2D eigenvalue weighted by Crippen LogP contribution is 2.23. The zero-order valence-electron chi connectivity index (χ0n) is 66.5. The Bertz CT molecular complexity index is 4320. The van der Waals surface area contributed by atoms with Crippen LogP contribution in [0.4, 0.5) is 0 Å². The number of halogens is 1. The van der Waals surface area contributed by atoms with E-state index in [1.807, 2.05) is 42.7 Å². The van der Waals surface area contributed by atoms with Crippen molar-refractivity contribution in [2.75, 3.05) is 31.6 Å². The van der Waals surface area contributed by atoms with Gasteiger partial charge in [0.05, 0.1) is 35.1 Å². The second kappa shape index (κ2) is 48.5. The average Bonchev–Trinajstić information content (AvgIpc) is 1.40. The van der Waals surface area contributed by atoms with Gasteiger partial charge in [0.2, 0.25) is 106 Å². The lowest BCUT2D eigenvalue weighted by molar-refractivity contribution is -0.136. The molecule has 18 amide bonds. The molecule has 1 aliphatic heterocycles. The molecule has 12 unspecified atom stereocenters. The molecule has 4 aromatic rings. The molecule has 650 valence electrons. The van der Waals surface area contributed by atoms with Crippen molar-refractivity contribution in [1.82, 2.24) is 94.7 Å². The van der Waals surface area contributed by atoms with Crippen molar-refractivity contribution < 1.29 is 91.4 Å². The number of H-pyrrole nitrogens is 2. The lowest BCUT2D eigenvalue weighted by Crippen LogP contribution is -2.60. The first-order valence-electron chi connectivity index (χ1n) is 38.1. The van der Waals surface area contributed by atoms with Crippen LogP contribution in [-0.2, 0) is 106 Å². The SMILES string of the molecule is CSCCC(NC(=O)C(CC(C)C)NC(=O)C(Cc1c[nH]cn1)NC(=O)CNC(=O)C(NC(=O)C(C)NC(=O)C(Cc1c[nH]c2ccccc12)NC(=O)C(CCC(N)=O)NC(=O)C(CC(N)=O)NC(=O)CNC(=O)C(Cc1ccc(O)c(I)c1)NC(=O)C(CCCNC(=N)N)NC(=O)C(CCC(N)=O)NC(=O)C1CCC(=O)N1)C(C)C)C(N)=O. The number of carbonyl (C=O) groups is 18. The van der Waals surface area contributed by atoms with E-state index >= 15 is 0 Å². The number of aromatic hydroxyl groups is 1. The quantitative estimate of drug-likeness (QED) is 0.00846. The average molecular weight is 1800 g/mol. The Morgan fingerprint density at radius 2 is 1.11 bits per heavy atom. The van der Waals surface area contributed by atoms with E-state index in [0.717, 1.165) is 0 Å². The minimum Gasteiger partial charge on any atom is -0.507 e. The molecule has 3 heterocycles. The van der Waals surface area contributed by atoms with Gasteiger partial charge in [-0.15, -0.1) is 0 Å². The summed E-state index contributed by atoms with van der Waals surface area (Å²) in [6.45, 7) is 6.27. The number of nitrogens with two attached hydrogens (primary N) is 5. The van der Waals surface area contributed by atoms with Gasteiger partial charge in [0.25, 0.3) is 0 Å². The number of para-hydroxylation sites is 1. The van der Waals surface area contributed by atoms with Gasteiger partial charge in [-0.25, -0.2) is 4.98 Å². The summed E-state index contributed by atoms with van der Waals surface area (Å²) in [4.78, 5) is 254. The van der Waals surface area contributed by atoms with Gasteiger partial charge in [0, 0.05) is 68.4 Å². The molecule has 0 bridgehead atoms. The molecule has 43 nitrogen and oxygen atoms in total. The van der Waals surface area contributed by atoms with E-state index in [1.54, 1.807) is 44.3 Å². The Morgan fingerprint density at radius 3 is 1.66 bits per heavy atom. The fraction of sp³-hybridized carbons (Fsp3) is 0.514. The van der Waals surface area contributed by atoms with Crippen LogP contribution in [0.25, 0.3) is 10.9 Å². The van der Waals surface area contributed by atoms with Gasteiger partial charge in [0.15, 0.2) is 5.96 Å². The Balaban J connectivity index is 1.32. The molecule has 0 radical (unpaired) electrons. The number of primary amides is 4. The number of aromatic nitrogens is 3. The van der Waals surface area contributed by atoms with Gasteiger partial charge in [0.1, 0.15) is 78.3 Å². The molecule has 29 N–H and O–H groups in total. The number of imidazole rings is 1. The van der Waals surface area contributed by atoms with Crippen molar-refractivity contribution in [3.8, 4) is 5.75 Å². The smallest absolute Gasteiger partial charge is 0.243 e. The van der Waals surface area contributed by atoms with Crippen LogP contribution in [-0.4, -0.2) is 236 Å². The number of phenols is 1. The van der Waals surface area contributed by atoms with Crippen LogP contribution in [0.1, 0.15) is 122 Å². The highest BCUT2D eigenvalue weighted by Gasteiger charge is 2.38. The number of benzene rings is 2. The van der Waals surface area contributed by atoms with Crippen molar-refractivity contribution >= 4 is 158 Å². The van der Waals surface area contributed by atoms with Crippen molar-refractivity contribution in [1.29, 1.82) is 5.41 Å². The van der Waals surface area contributed by atoms with E-state index in [0.29, 0.717) is 37.0 Å². The van der Waals surface area contributed by atoms with E-state index in [9.17, 15) is 91.4 Å². The second-order valence-electron chi connectivity index (χ2n) is 29.0. The predicted molar refractivity (Wildman–Crippen MR) is 439 cm³/mol. The second-order valence-corrected chi connectivity index (χ2v) is 31.2. The number of guanidine groups is 1. The number of nitrogens with zero attached hydrogens (tertiary/aromatic N) is 1. The van der Waals surface area contributed by atoms with E-state index in [1.165, 1.54) is 49.4 Å². The predicted octanol–water partition coefficient (Wildman–Crippen LogP) is -6.30. The number of carbonyl (C=O) groups excluding carboxylic acids is 18. The minimum atomic E-state index is -1.94. The lowest BCUT2D eigenvalue weighted by Gasteiger charge is -2.27. The summed E-state index contributed by atoms with van der Waals surface area (Å²) in [5.41, 5.74) is 29.2. The van der Waals surface area contributed by atoms with Crippen molar-refractivity contribution in [3.05, 3.63) is 81.6 Å². The molecular formula is C74H107IN24O19S. The van der Waals surface area contributed by atoms with Gasteiger partial charge < -0.3 is 123 Å². The van der Waals surface area contributed by atoms with Crippen LogP contribution < -0.4 is 108 Å². The topological polar surface area (TPSA) is 706 Å². The Labute approximate surface area is 701 Å². The Morgan fingerprint density at radius 1 is 0.571 bits per heavy atom. The van der Waals surface area contributed by atoms with E-state index in [4.69, 9.17) is 34.1 Å². The van der Waals surface area contributed by atoms with Crippen LogP contribution in [0.2, 0.25) is 0 Å². The summed E-state index contributed by atoms with van der Waals surface area (Å²) >= 11 is 3.24. The highest BCUT2D eigenvalue weighted by atomic mass is 127. The number of rotatable bonds is 51. The molecule has 2 aromatic heterocycles. The summed E-state index contributed by atoms with van der Waals surface area (Å²) in [6, 6.07) is -6.46. The normalized spacial score (nSPS) is 15.1. The van der Waals surface area contributed by atoms with Crippen LogP contribution in [0, 0.1) is 20.8 Å². The third-order valence-corrected chi connectivity index (χ3v) is 20.0. The zero-order valence-corrected chi connectivity index (χ0v) is 69.5. The standard InChI is InChI=1S/C74H107IN24O19S/c1-35(2)24-49(70(115)92-44(62(79)107)21-23-119-6)96-71(116)52(28-40-31-82-34-87-40)90-60(106)33-86-73(118)61(36(3)4)99-63(108)37(5)88-69(114)51(27-39-30-84-43-11-8-7-10-41(39)43)98-68(113)48(15-19-56(77)102)95-72(117)53(29-57(78)103)91-59(105)32-85-64(109)50(26-38-13-17-54(100)42(75)25-38)97-65(110)45(12-9-22-83-74(80)81)93-67(112)47(14-18-55(76)101)94-66(111)46-16-20-58(104)89-46/h7-8,10-11,13,17,25,30-31,34-37,44-53,61,84,100H,9,12,14-16,18-24,26-29,32-33H2,1-6H3,(H2,76,101)(H2,77,102)(H2,78,103)(H2,79,107)(H,82,87)(H,85,109)(H,86,118)(H,88,114)(H,89,104)(H,90,106)(H,91,105)(H,92,115)(H,93,112)(H,94,111)(H,95,117)(H,96,116)(H,97,110)(H,98,113)(H,99,108)(H4,80,81,83). The highest BCUT2D eigenvalue weighted by molar-refractivity contribution is 14.1. The molecule has 45 heteroatoms. The number of aromatic amines is 2. The summed E-state index contributed by atoms with van der Waals surface area (Å²) in [5.74, 6) is -17.7. The zero-order chi connectivity index (χ0) is 88.3. The summed E-state index contributed by atoms with van der Waals surface area (Å²) < 4.78 is 0.317. The Hall–Kier alpha value is -12.2. The van der Waals surface area contributed by atoms with Crippen LogP contribution in [0.3, 0.4) is 0 Å². The molecule has 12 atom stereocenters. The monoisotopic (exact) mass is 1790 g/mol. The number of thioether (sulfide) groups is 1. The van der Waals surface area contributed by atoms with Crippen LogP contribution in [0.15, 0.2) is 61.2 Å². The van der Waals surface area contributed by atoms with Gasteiger partial charge in [-0.2, -0.15) is 11.8 Å². The maximum atomic E-state index is 14.7. The molecule has 5 rings (SSSR count). The van der Waals surface area contributed by atoms with E-state index in [2.05, 4.69) is 94.7 Å². The molecule has 0 saturated carbocycles. The molecule has 119 heavy (non-hydrogen) atoms. The molecule has 2 aromatic carbocycles. The molecule has 1 aliphatic rings. The van der Waals surface area contributed by atoms with Gasteiger partial charge in [-0.1, -0.05) is 52.0 Å². The number of hydrogen-bond donors (Lipinski definition) is 24. The van der Waals surface area contributed by atoms with Crippen molar-refractivity contribution in [2.24, 2.45) is 40.5 Å².